The fourth-order valence-electron chi connectivity index (χ4n) is 1.85. The lowest BCUT2D eigenvalue weighted by Crippen LogP contribution is -2.40. The molecule has 0 bridgehead atoms. The minimum atomic E-state index is 1.04. The van der Waals surface area contributed by atoms with Gasteiger partial charge in [-0.3, -0.25) is 0 Å². The SMILES string of the molecule is CN(C)N1CCc2cc(Br)ccc2C1. The Kier molecular flexibility index (Phi) is 2.91. The summed E-state index contributed by atoms with van der Waals surface area (Å²) in [5.41, 5.74) is 2.94. The van der Waals surface area contributed by atoms with Crippen LogP contribution >= 0.6 is 15.9 Å². The van der Waals surface area contributed by atoms with Crippen LogP contribution < -0.4 is 0 Å². The van der Waals surface area contributed by atoms with Gasteiger partial charge in [0.25, 0.3) is 0 Å². The molecule has 2 nitrogen and oxygen atoms in total. The van der Waals surface area contributed by atoms with Gasteiger partial charge >= 0.3 is 0 Å². The zero-order valence-corrected chi connectivity index (χ0v) is 10.2. The minimum absolute atomic E-state index is 1.04. The molecule has 0 saturated carbocycles. The summed E-state index contributed by atoms with van der Waals surface area (Å²) in [6.45, 7) is 2.16. The second-order valence-electron chi connectivity index (χ2n) is 3.90. The highest BCUT2D eigenvalue weighted by molar-refractivity contribution is 9.10. The molecule has 76 valence electrons. The molecule has 0 amide bonds. The Hall–Kier alpha value is -0.380. The van der Waals surface area contributed by atoms with Crippen LogP contribution in [-0.4, -0.2) is 30.7 Å². The fourth-order valence-corrected chi connectivity index (χ4v) is 2.26. The number of hydrogen-bond acceptors (Lipinski definition) is 2. The van der Waals surface area contributed by atoms with E-state index >= 15 is 0 Å². The molecule has 0 unspecified atom stereocenters. The first kappa shape index (κ1) is 10.1. The first-order valence-corrected chi connectivity index (χ1v) is 5.65. The summed E-state index contributed by atoms with van der Waals surface area (Å²) in [5, 5.41) is 4.53. The maximum absolute atomic E-state index is 3.51. The van der Waals surface area contributed by atoms with Gasteiger partial charge in [-0.05, 0) is 29.7 Å². The summed E-state index contributed by atoms with van der Waals surface area (Å²) in [5.74, 6) is 0. The first-order chi connectivity index (χ1) is 6.66. The van der Waals surface area contributed by atoms with E-state index in [-0.39, 0.29) is 0 Å². The van der Waals surface area contributed by atoms with Crippen LogP contribution in [0.1, 0.15) is 11.1 Å². The molecule has 0 fully saturated rings. The van der Waals surface area contributed by atoms with E-state index in [1.165, 1.54) is 15.6 Å². The van der Waals surface area contributed by atoms with E-state index in [1.54, 1.807) is 0 Å². The average molecular weight is 255 g/mol. The predicted molar refractivity (Wildman–Crippen MR) is 61.9 cm³/mol. The molecular formula is C11H15BrN2. The third-order valence-corrected chi connectivity index (χ3v) is 3.22. The summed E-state index contributed by atoms with van der Waals surface area (Å²) < 4.78 is 1.19. The van der Waals surface area contributed by atoms with Crippen molar-refractivity contribution in [1.29, 1.82) is 0 Å². The summed E-state index contributed by atoms with van der Waals surface area (Å²) in [6, 6.07) is 6.58. The average Bonchev–Trinajstić information content (AvgIpc) is 2.16. The second kappa shape index (κ2) is 4.01. The van der Waals surface area contributed by atoms with Crippen molar-refractivity contribution < 1.29 is 0 Å². The molecule has 0 radical (unpaired) electrons. The third-order valence-electron chi connectivity index (χ3n) is 2.73. The lowest BCUT2D eigenvalue weighted by atomic mass is 10.0. The van der Waals surface area contributed by atoms with Crippen LogP contribution in [0, 0.1) is 0 Å². The van der Waals surface area contributed by atoms with Crippen LogP contribution in [0.3, 0.4) is 0 Å². The van der Waals surface area contributed by atoms with E-state index in [0.29, 0.717) is 0 Å². The van der Waals surface area contributed by atoms with Gasteiger partial charge in [0.15, 0.2) is 0 Å². The normalized spacial score (nSPS) is 17.1. The van der Waals surface area contributed by atoms with Crippen molar-refractivity contribution in [3.63, 3.8) is 0 Å². The van der Waals surface area contributed by atoms with Crippen LogP contribution in [-0.2, 0) is 13.0 Å². The van der Waals surface area contributed by atoms with E-state index in [4.69, 9.17) is 0 Å². The van der Waals surface area contributed by atoms with Crippen LogP contribution in [0.4, 0.5) is 0 Å². The monoisotopic (exact) mass is 254 g/mol. The maximum Gasteiger partial charge on any atom is 0.0386 e. The molecule has 1 aliphatic rings. The molecular weight excluding hydrogens is 240 g/mol. The van der Waals surface area contributed by atoms with Gasteiger partial charge in [-0.1, -0.05) is 22.0 Å². The molecule has 1 aromatic rings. The van der Waals surface area contributed by atoms with Crippen molar-refractivity contribution >= 4 is 15.9 Å². The largest absolute Gasteiger partial charge is 0.248 e. The second-order valence-corrected chi connectivity index (χ2v) is 4.81. The van der Waals surface area contributed by atoms with Crippen molar-refractivity contribution in [2.75, 3.05) is 20.6 Å². The molecule has 0 N–H and O–H groups in total. The maximum atomic E-state index is 3.51. The Morgan fingerprint density at radius 1 is 1.29 bits per heavy atom. The summed E-state index contributed by atoms with van der Waals surface area (Å²) >= 11 is 3.51. The summed E-state index contributed by atoms with van der Waals surface area (Å²) in [7, 11) is 4.20. The van der Waals surface area contributed by atoms with Gasteiger partial charge < -0.3 is 0 Å². The van der Waals surface area contributed by atoms with Gasteiger partial charge in [0, 0.05) is 31.7 Å². The minimum Gasteiger partial charge on any atom is -0.248 e. The number of benzene rings is 1. The van der Waals surface area contributed by atoms with E-state index < -0.39 is 0 Å². The van der Waals surface area contributed by atoms with Gasteiger partial charge in [0.2, 0.25) is 0 Å². The highest BCUT2D eigenvalue weighted by Gasteiger charge is 2.17. The lowest BCUT2D eigenvalue weighted by Gasteiger charge is -2.33. The molecule has 0 aromatic heterocycles. The smallest absolute Gasteiger partial charge is 0.0386 e. The summed E-state index contributed by atoms with van der Waals surface area (Å²) in [6.07, 6.45) is 1.15. The van der Waals surface area contributed by atoms with Gasteiger partial charge in [0.05, 0.1) is 0 Å². The van der Waals surface area contributed by atoms with Crippen LogP contribution in [0.5, 0.6) is 0 Å². The standard InChI is InChI=1S/C11H15BrN2/c1-13(2)14-6-5-9-7-11(12)4-3-10(9)8-14/h3-4,7H,5-6,8H2,1-2H3. The highest BCUT2D eigenvalue weighted by atomic mass is 79.9. The number of halogens is 1. The topological polar surface area (TPSA) is 6.48 Å². The molecule has 2 rings (SSSR count). The van der Waals surface area contributed by atoms with Crippen LogP contribution in [0.2, 0.25) is 0 Å². The first-order valence-electron chi connectivity index (χ1n) is 4.86. The Morgan fingerprint density at radius 3 is 2.79 bits per heavy atom. The number of hydrogen-bond donors (Lipinski definition) is 0. The quantitative estimate of drug-likeness (QED) is 0.759. The number of hydrazine groups is 1. The van der Waals surface area contributed by atoms with Gasteiger partial charge in [-0.2, -0.15) is 0 Å². The van der Waals surface area contributed by atoms with Gasteiger partial charge in [-0.15, -0.1) is 0 Å². The molecule has 0 atom stereocenters. The van der Waals surface area contributed by atoms with E-state index in [2.05, 4.69) is 58.2 Å². The van der Waals surface area contributed by atoms with E-state index in [1.807, 2.05) is 0 Å². The number of nitrogens with zero attached hydrogens (tertiary/aromatic N) is 2. The summed E-state index contributed by atoms with van der Waals surface area (Å²) in [4.78, 5) is 0. The Morgan fingerprint density at radius 2 is 2.07 bits per heavy atom. The zero-order chi connectivity index (χ0) is 10.1. The Bertz CT molecular complexity index is 336. The Labute approximate surface area is 93.6 Å². The zero-order valence-electron chi connectivity index (χ0n) is 8.63. The van der Waals surface area contributed by atoms with Crippen molar-refractivity contribution in [3.8, 4) is 0 Å². The van der Waals surface area contributed by atoms with Crippen LogP contribution in [0.25, 0.3) is 0 Å². The van der Waals surface area contributed by atoms with Gasteiger partial charge in [0.1, 0.15) is 0 Å². The Balaban J connectivity index is 2.23. The highest BCUT2D eigenvalue weighted by Crippen LogP contribution is 2.22. The molecule has 0 saturated heterocycles. The fraction of sp³-hybridized carbons (Fsp3) is 0.455. The molecule has 14 heavy (non-hydrogen) atoms. The van der Waals surface area contributed by atoms with Crippen molar-refractivity contribution in [1.82, 2.24) is 10.0 Å². The molecule has 0 spiro atoms. The number of fused-ring (bicyclic) bond motifs is 1. The van der Waals surface area contributed by atoms with Gasteiger partial charge in [-0.25, -0.2) is 10.0 Å². The van der Waals surface area contributed by atoms with E-state index in [0.717, 1.165) is 19.5 Å². The molecule has 1 aliphatic heterocycles. The molecule has 1 aromatic carbocycles. The van der Waals surface area contributed by atoms with E-state index in [9.17, 15) is 0 Å². The van der Waals surface area contributed by atoms with Crippen molar-refractivity contribution in [3.05, 3.63) is 33.8 Å². The van der Waals surface area contributed by atoms with Crippen molar-refractivity contribution in [2.24, 2.45) is 0 Å². The molecule has 3 heteroatoms. The lowest BCUT2D eigenvalue weighted by molar-refractivity contribution is 0.0112. The number of rotatable bonds is 1. The third kappa shape index (κ3) is 2.00. The molecule has 1 heterocycles. The van der Waals surface area contributed by atoms with Crippen LogP contribution in [0.15, 0.2) is 22.7 Å². The predicted octanol–water partition coefficient (Wildman–Crippen LogP) is 2.28. The van der Waals surface area contributed by atoms with Crippen molar-refractivity contribution in [2.45, 2.75) is 13.0 Å². The molecule has 0 aliphatic carbocycles.